The normalized spacial score (nSPS) is 11.4. The summed E-state index contributed by atoms with van der Waals surface area (Å²) in [5.74, 6) is 0.614. The van der Waals surface area contributed by atoms with E-state index >= 15 is 0 Å². The van der Waals surface area contributed by atoms with Crippen LogP contribution in [0.15, 0.2) is 48.5 Å². The number of nitrogens with one attached hydrogen (secondary N) is 2. The van der Waals surface area contributed by atoms with Gasteiger partial charge in [-0.05, 0) is 36.8 Å². The molecule has 2 rings (SSSR count). The molecule has 7 nitrogen and oxygen atoms in total. The molecule has 0 aliphatic rings. The molecule has 0 bridgehead atoms. The van der Waals surface area contributed by atoms with Crippen LogP contribution in [0.2, 0.25) is 0 Å². The monoisotopic (exact) mass is 386 g/mol. The molecule has 0 fully saturated rings. The quantitative estimate of drug-likeness (QED) is 0.612. The van der Waals surface area contributed by atoms with Gasteiger partial charge in [0.15, 0.2) is 11.5 Å². The third kappa shape index (κ3) is 6.28. The van der Waals surface area contributed by atoms with E-state index in [-0.39, 0.29) is 24.4 Å². The second-order valence-corrected chi connectivity index (χ2v) is 6.09. The Bertz CT molecular complexity index is 780. The fourth-order valence-corrected chi connectivity index (χ4v) is 2.54. The van der Waals surface area contributed by atoms with Gasteiger partial charge >= 0.3 is 0 Å². The highest BCUT2D eigenvalue weighted by atomic mass is 16.5. The smallest absolute Gasteiger partial charge is 0.251 e. The molecule has 0 aliphatic carbocycles. The largest absolute Gasteiger partial charge is 0.493 e. The van der Waals surface area contributed by atoms with Crippen LogP contribution in [0, 0.1) is 0 Å². The molecule has 2 amide bonds. The van der Waals surface area contributed by atoms with Crippen LogP contribution < -0.4 is 20.1 Å². The van der Waals surface area contributed by atoms with Crippen molar-refractivity contribution in [2.75, 3.05) is 34.0 Å². The SMILES string of the molecule is COCCOc1ccc(C(C)NC(=O)CNC(=O)c2ccccc2)cc1OC. The third-order valence-electron chi connectivity index (χ3n) is 4.06. The third-order valence-corrected chi connectivity index (χ3v) is 4.06. The first-order valence-electron chi connectivity index (χ1n) is 8.97. The Morgan fingerprint density at radius 1 is 1.00 bits per heavy atom. The summed E-state index contributed by atoms with van der Waals surface area (Å²) in [6, 6.07) is 14.0. The van der Waals surface area contributed by atoms with E-state index in [2.05, 4.69) is 10.6 Å². The van der Waals surface area contributed by atoms with Gasteiger partial charge in [-0.2, -0.15) is 0 Å². The molecule has 0 radical (unpaired) electrons. The fraction of sp³-hybridized carbons (Fsp3) is 0.333. The topological polar surface area (TPSA) is 85.9 Å². The number of methoxy groups -OCH3 is 2. The maximum atomic E-state index is 12.2. The molecule has 0 saturated heterocycles. The summed E-state index contributed by atoms with van der Waals surface area (Å²) < 4.78 is 15.9. The number of carbonyl (C=O) groups excluding carboxylic acids is 2. The Morgan fingerprint density at radius 2 is 1.75 bits per heavy atom. The van der Waals surface area contributed by atoms with Gasteiger partial charge in [0, 0.05) is 12.7 Å². The van der Waals surface area contributed by atoms with Crippen molar-refractivity contribution in [2.45, 2.75) is 13.0 Å². The van der Waals surface area contributed by atoms with E-state index in [9.17, 15) is 9.59 Å². The van der Waals surface area contributed by atoms with Crippen molar-refractivity contribution in [2.24, 2.45) is 0 Å². The Labute approximate surface area is 165 Å². The lowest BCUT2D eigenvalue weighted by Crippen LogP contribution is -2.38. The van der Waals surface area contributed by atoms with Crippen LogP contribution in [0.25, 0.3) is 0 Å². The van der Waals surface area contributed by atoms with E-state index in [1.807, 2.05) is 25.1 Å². The molecule has 28 heavy (non-hydrogen) atoms. The molecular formula is C21H26N2O5. The Kier molecular flexibility index (Phi) is 8.30. The van der Waals surface area contributed by atoms with E-state index in [4.69, 9.17) is 14.2 Å². The molecule has 1 unspecified atom stereocenters. The van der Waals surface area contributed by atoms with Gasteiger partial charge in [-0.3, -0.25) is 9.59 Å². The molecule has 0 heterocycles. The molecule has 0 spiro atoms. The zero-order valence-electron chi connectivity index (χ0n) is 16.4. The van der Waals surface area contributed by atoms with Gasteiger partial charge in [-0.1, -0.05) is 24.3 Å². The van der Waals surface area contributed by atoms with Crippen LogP contribution in [0.5, 0.6) is 11.5 Å². The van der Waals surface area contributed by atoms with Gasteiger partial charge in [0.05, 0.1) is 26.3 Å². The molecule has 150 valence electrons. The second kappa shape index (κ2) is 10.9. The van der Waals surface area contributed by atoms with Crippen molar-refractivity contribution in [3.8, 4) is 11.5 Å². The molecular weight excluding hydrogens is 360 g/mol. The van der Waals surface area contributed by atoms with E-state index in [0.29, 0.717) is 30.3 Å². The first-order chi connectivity index (χ1) is 13.5. The minimum absolute atomic E-state index is 0.104. The van der Waals surface area contributed by atoms with Crippen LogP contribution in [-0.4, -0.2) is 45.8 Å². The van der Waals surface area contributed by atoms with Crippen molar-refractivity contribution >= 4 is 11.8 Å². The molecule has 2 N–H and O–H groups in total. The van der Waals surface area contributed by atoms with Crippen LogP contribution in [-0.2, 0) is 9.53 Å². The number of amides is 2. The van der Waals surface area contributed by atoms with E-state index in [1.54, 1.807) is 44.6 Å². The highest BCUT2D eigenvalue weighted by Crippen LogP contribution is 2.30. The second-order valence-electron chi connectivity index (χ2n) is 6.09. The van der Waals surface area contributed by atoms with Crippen molar-refractivity contribution in [3.63, 3.8) is 0 Å². The molecule has 0 aromatic heterocycles. The van der Waals surface area contributed by atoms with Crippen molar-refractivity contribution in [1.82, 2.24) is 10.6 Å². The molecule has 0 aliphatic heterocycles. The Balaban J connectivity index is 1.89. The van der Waals surface area contributed by atoms with E-state index in [1.165, 1.54) is 0 Å². The Hall–Kier alpha value is -3.06. The first kappa shape index (κ1) is 21.2. The summed E-state index contributed by atoms with van der Waals surface area (Å²) >= 11 is 0. The maximum Gasteiger partial charge on any atom is 0.251 e. The summed E-state index contributed by atoms with van der Waals surface area (Å²) in [5.41, 5.74) is 1.37. The summed E-state index contributed by atoms with van der Waals surface area (Å²) in [6.45, 7) is 2.65. The number of carbonyl (C=O) groups is 2. The summed E-state index contributed by atoms with van der Waals surface area (Å²) in [7, 11) is 3.17. The molecule has 7 heteroatoms. The lowest BCUT2D eigenvalue weighted by molar-refractivity contribution is -0.120. The summed E-state index contributed by atoms with van der Waals surface area (Å²) in [4.78, 5) is 24.2. The highest BCUT2D eigenvalue weighted by Gasteiger charge is 2.14. The first-order valence-corrected chi connectivity index (χ1v) is 8.97. The molecule has 0 saturated carbocycles. The zero-order chi connectivity index (χ0) is 20.4. The number of rotatable bonds is 10. The standard InChI is InChI=1S/C21H26N2O5/c1-15(17-9-10-18(19(13-17)27-3)28-12-11-26-2)23-20(24)14-22-21(25)16-7-5-4-6-8-16/h4-10,13,15H,11-12,14H2,1-3H3,(H,22,25)(H,23,24). The number of hydrogen-bond donors (Lipinski definition) is 2. The van der Waals surface area contributed by atoms with E-state index < -0.39 is 0 Å². The van der Waals surface area contributed by atoms with Gasteiger partial charge in [0.2, 0.25) is 5.91 Å². The van der Waals surface area contributed by atoms with Crippen molar-refractivity contribution in [3.05, 3.63) is 59.7 Å². The molecule has 1 atom stereocenters. The fourth-order valence-electron chi connectivity index (χ4n) is 2.54. The van der Waals surface area contributed by atoms with Crippen LogP contribution in [0.4, 0.5) is 0 Å². The van der Waals surface area contributed by atoms with Crippen molar-refractivity contribution < 1.29 is 23.8 Å². The van der Waals surface area contributed by atoms with Crippen LogP contribution in [0.1, 0.15) is 28.9 Å². The van der Waals surface area contributed by atoms with Gasteiger partial charge in [-0.15, -0.1) is 0 Å². The van der Waals surface area contributed by atoms with Gasteiger partial charge in [0.1, 0.15) is 6.61 Å². The lowest BCUT2D eigenvalue weighted by atomic mass is 10.1. The lowest BCUT2D eigenvalue weighted by Gasteiger charge is -2.17. The van der Waals surface area contributed by atoms with Gasteiger partial charge < -0.3 is 24.8 Å². The Morgan fingerprint density at radius 3 is 2.43 bits per heavy atom. The average molecular weight is 386 g/mol. The maximum absolute atomic E-state index is 12.2. The number of ether oxygens (including phenoxy) is 3. The minimum Gasteiger partial charge on any atom is -0.493 e. The van der Waals surface area contributed by atoms with Gasteiger partial charge in [-0.25, -0.2) is 0 Å². The minimum atomic E-state index is -0.289. The predicted molar refractivity (Wildman–Crippen MR) is 106 cm³/mol. The molecule has 2 aromatic rings. The summed E-state index contributed by atoms with van der Waals surface area (Å²) in [6.07, 6.45) is 0. The van der Waals surface area contributed by atoms with Crippen molar-refractivity contribution in [1.29, 1.82) is 0 Å². The average Bonchev–Trinajstić information content (AvgIpc) is 2.72. The zero-order valence-corrected chi connectivity index (χ0v) is 16.4. The summed E-state index contributed by atoms with van der Waals surface area (Å²) in [5, 5.41) is 5.46. The molecule has 2 aromatic carbocycles. The number of hydrogen-bond acceptors (Lipinski definition) is 5. The number of benzene rings is 2. The van der Waals surface area contributed by atoms with Crippen LogP contribution >= 0.6 is 0 Å². The van der Waals surface area contributed by atoms with Gasteiger partial charge in [0.25, 0.3) is 5.91 Å². The van der Waals surface area contributed by atoms with E-state index in [0.717, 1.165) is 5.56 Å². The van der Waals surface area contributed by atoms with Crippen LogP contribution in [0.3, 0.4) is 0 Å². The predicted octanol–water partition coefficient (Wildman–Crippen LogP) is 2.33. The highest BCUT2D eigenvalue weighted by molar-refractivity contribution is 5.96.